The van der Waals surface area contributed by atoms with Crippen molar-refractivity contribution in [1.29, 1.82) is 0 Å². The third kappa shape index (κ3) is 2.74. The van der Waals surface area contributed by atoms with Crippen LogP contribution in [0.25, 0.3) is 0 Å². The van der Waals surface area contributed by atoms with Crippen molar-refractivity contribution >= 4 is 0 Å². The summed E-state index contributed by atoms with van der Waals surface area (Å²) in [4.78, 5) is 0. The molecule has 1 aromatic carbocycles. The van der Waals surface area contributed by atoms with E-state index in [0.717, 1.165) is 41.8 Å². The highest BCUT2D eigenvalue weighted by atomic mass is 16.5. The number of aromatic nitrogens is 1. The molecule has 1 aromatic heterocycles. The zero-order chi connectivity index (χ0) is 14.9. The van der Waals surface area contributed by atoms with Gasteiger partial charge in [0.15, 0.2) is 0 Å². The molecule has 4 heteroatoms. The van der Waals surface area contributed by atoms with Crippen LogP contribution in [0, 0.1) is 13.8 Å². The first kappa shape index (κ1) is 14.3. The van der Waals surface area contributed by atoms with Gasteiger partial charge in [0, 0.05) is 18.7 Å². The maximum absolute atomic E-state index is 11.0. The molecule has 4 nitrogen and oxygen atoms in total. The van der Waals surface area contributed by atoms with Crippen molar-refractivity contribution in [3.05, 3.63) is 52.4 Å². The van der Waals surface area contributed by atoms with Gasteiger partial charge >= 0.3 is 0 Å². The predicted octanol–water partition coefficient (Wildman–Crippen LogP) is 2.61. The van der Waals surface area contributed by atoms with Crippen LogP contribution in [0.15, 0.2) is 28.8 Å². The van der Waals surface area contributed by atoms with E-state index in [1.807, 2.05) is 32.0 Å². The number of hydrogen-bond acceptors (Lipinski definition) is 4. The molecule has 0 bridgehead atoms. The molecule has 1 aliphatic rings. The van der Waals surface area contributed by atoms with E-state index in [4.69, 9.17) is 4.52 Å². The number of nitrogens with zero attached hydrogens (tertiary/aromatic N) is 1. The van der Waals surface area contributed by atoms with Gasteiger partial charge in [-0.25, -0.2) is 0 Å². The van der Waals surface area contributed by atoms with Crippen LogP contribution in [0.2, 0.25) is 0 Å². The molecule has 1 unspecified atom stereocenters. The molecule has 0 amide bonds. The lowest BCUT2D eigenvalue weighted by Crippen LogP contribution is -2.40. The summed E-state index contributed by atoms with van der Waals surface area (Å²) in [6.07, 6.45) is 2.89. The van der Waals surface area contributed by atoms with Crippen molar-refractivity contribution < 1.29 is 9.63 Å². The molecule has 1 heterocycles. The van der Waals surface area contributed by atoms with Crippen molar-refractivity contribution in [2.75, 3.05) is 6.54 Å². The van der Waals surface area contributed by atoms with Crippen LogP contribution >= 0.6 is 0 Å². The lowest BCUT2D eigenvalue weighted by atomic mass is 9.79. The molecule has 21 heavy (non-hydrogen) atoms. The number of benzene rings is 1. The highest BCUT2D eigenvalue weighted by molar-refractivity contribution is 5.35. The third-order valence-electron chi connectivity index (χ3n) is 4.46. The molecule has 112 valence electrons. The van der Waals surface area contributed by atoms with Crippen LogP contribution in [0.5, 0.6) is 0 Å². The van der Waals surface area contributed by atoms with Gasteiger partial charge in [0.1, 0.15) is 11.4 Å². The third-order valence-corrected chi connectivity index (χ3v) is 4.46. The Balaban J connectivity index is 1.71. The van der Waals surface area contributed by atoms with Gasteiger partial charge in [-0.2, -0.15) is 0 Å². The van der Waals surface area contributed by atoms with Crippen LogP contribution in [0.4, 0.5) is 0 Å². The Labute approximate surface area is 125 Å². The maximum Gasteiger partial charge on any atom is 0.138 e. The topological polar surface area (TPSA) is 58.3 Å². The van der Waals surface area contributed by atoms with Crippen molar-refractivity contribution in [2.45, 2.75) is 45.3 Å². The highest BCUT2D eigenvalue weighted by Gasteiger charge is 2.33. The van der Waals surface area contributed by atoms with Crippen LogP contribution in [-0.4, -0.2) is 16.8 Å². The number of aryl methyl sites for hydroxylation is 3. The Kier molecular flexibility index (Phi) is 3.83. The van der Waals surface area contributed by atoms with E-state index in [-0.39, 0.29) is 0 Å². The molecule has 0 aliphatic heterocycles. The lowest BCUT2D eigenvalue weighted by molar-refractivity contribution is 0.0189. The minimum absolute atomic E-state index is 0.550. The first-order valence-electron chi connectivity index (χ1n) is 7.53. The number of rotatable bonds is 4. The number of nitrogens with one attached hydrogen (secondary N) is 1. The van der Waals surface area contributed by atoms with Crippen molar-refractivity contribution in [3.8, 4) is 0 Å². The zero-order valence-electron chi connectivity index (χ0n) is 12.6. The second-order valence-corrected chi connectivity index (χ2v) is 5.95. The predicted molar refractivity (Wildman–Crippen MR) is 81.0 cm³/mol. The van der Waals surface area contributed by atoms with Crippen LogP contribution < -0.4 is 5.32 Å². The van der Waals surface area contributed by atoms with Gasteiger partial charge in [0.25, 0.3) is 0 Å². The van der Waals surface area contributed by atoms with E-state index in [0.29, 0.717) is 13.1 Å². The quantitative estimate of drug-likeness (QED) is 0.907. The Hall–Kier alpha value is -1.65. The fourth-order valence-corrected chi connectivity index (χ4v) is 3.23. The summed E-state index contributed by atoms with van der Waals surface area (Å²) in [5, 5.41) is 18.3. The highest BCUT2D eigenvalue weighted by Crippen LogP contribution is 2.34. The van der Waals surface area contributed by atoms with E-state index in [1.165, 1.54) is 5.56 Å². The molecular formula is C17H22N2O2. The van der Waals surface area contributed by atoms with Crippen molar-refractivity contribution in [2.24, 2.45) is 0 Å². The van der Waals surface area contributed by atoms with Gasteiger partial charge in [-0.1, -0.05) is 29.4 Å². The number of hydrogen-bond donors (Lipinski definition) is 2. The van der Waals surface area contributed by atoms with Crippen molar-refractivity contribution in [3.63, 3.8) is 0 Å². The summed E-state index contributed by atoms with van der Waals surface area (Å²) >= 11 is 0. The largest absolute Gasteiger partial charge is 0.384 e. The smallest absolute Gasteiger partial charge is 0.138 e. The van der Waals surface area contributed by atoms with Crippen molar-refractivity contribution in [1.82, 2.24) is 10.5 Å². The van der Waals surface area contributed by atoms with Gasteiger partial charge in [-0.3, -0.25) is 0 Å². The normalized spacial score (nSPS) is 21.3. The van der Waals surface area contributed by atoms with Gasteiger partial charge in [0.05, 0.1) is 5.69 Å². The van der Waals surface area contributed by atoms with Crippen LogP contribution in [-0.2, 0) is 18.6 Å². The zero-order valence-corrected chi connectivity index (χ0v) is 12.6. The number of fused-ring (bicyclic) bond motifs is 1. The molecule has 0 fully saturated rings. The summed E-state index contributed by atoms with van der Waals surface area (Å²) in [7, 11) is 0. The molecule has 1 atom stereocenters. The fraction of sp³-hybridized carbons (Fsp3) is 0.471. The molecule has 2 aromatic rings. The second-order valence-electron chi connectivity index (χ2n) is 5.95. The molecule has 3 rings (SSSR count). The van der Waals surface area contributed by atoms with E-state index in [2.05, 4.69) is 16.5 Å². The van der Waals surface area contributed by atoms with Gasteiger partial charge in [-0.05, 0) is 44.2 Å². The first-order valence-corrected chi connectivity index (χ1v) is 7.53. The minimum atomic E-state index is -0.770. The van der Waals surface area contributed by atoms with E-state index >= 15 is 0 Å². The first-order chi connectivity index (χ1) is 10.1. The minimum Gasteiger partial charge on any atom is -0.384 e. The van der Waals surface area contributed by atoms with E-state index in [9.17, 15) is 5.11 Å². The SMILES string of the molecule is Cc1noc(C)c1CNCC1(O)CCCc2ccccc21. The summed E-state index contributed by atoms with van der Waals surface area (Å²) in [5.41, 5.74) is 3.57. The van der Waals surface area contributed by atoms with Gasteiger partial charge < -0.3 is 14.9 Å². The molecule has 0 saturated heterocycles. The molecule has 2 N–H and O–H groups in total. The van der Waals surface area contributed by atoms with Gasteiger partial charge in [0.2, 0.25) is 0 Å². The van der Waals surface area contributed by atoms with Gasteiger partial charge in [-0.15, -0.1) is 0 Å². The Bertz CT molecular complexity index is 616. The summed E-state index contributed by atoms with van der Waals surface area (Å²) < 4.78 is 5.17. The van der Waals surface area contributed by atoms with E-state index in [1.54, 1.807) is 0 Å². The average Bonchev–Trinajstić information content (AvgIpc) is 2.80. The van der Waals surface area contributed by atoms with Crippen LogP contribution in [0.1, 0.15) is 41.0 Å². The monoisotopic (exact) mass is 286 g/mol. The fourth-order valence-electron chi connectivity index (χ4n) is 3.23. The molecule has 0 saturated carbocycles. The summed E-state index contributed by atoms with van der Waals surface area (Å²) in [6, 6.07) is 8.21. The average molecular weight is 286 g/mol. The molecule has 0 radical (unpaired) electrons. The Morgan fingerprint density at radius 1 is 1.33 bits per heavy atom. The van der Waals surface area contributed by atoms with E-state index < -0.39 is 5.60 Å². The molecule has 0 spiro atoms. The Morgan fingerprint density at radius 2 is 2.14 bits per heavy atom. The standard InChI is InChI=1S/C17H22N2O2/c1-12-15(13(2)21-19-12)10-18-11-17(20)9-5-7-14-6-3-4-8-16(14)17/h3-4,6,8,18,20H,5,7,9-11H2,1-2H3. The second kappa shape index (κ2) is 5.62. The molecule has 1 aliphatic carbocycles. The lowest BCUT2D eigenvalue weighted by Gasteiger charge is -2.34. The summed E-state index contributed by atoms with van der Waals surface area (Å²) in [5.74, 6) is 0.844. The van der Waals surface area contributed by atoms with Crippen LogP contribution in [0.3, 0.4) is 0 Å². The Morgan fingerprint density at radius 3 is 2.90 bits per heavy atom. The maximum atomic E-state index is 11.0. The number of aliphatic hydroxyl groups is 1. The molecular weight excluding hydrogens is 264 g/mol. The summed E-state index contributed by atoms with van der Waals surface area (Å²) in [6.45, 7) is 5.08.